The van der Waals surface area contributed by atoms with Gasteiger partial charge in [0, 0.05) is 36.6 Å². The highest BCUT2D eigenvalue weighted by atomic mass is 32.2. The summed E-state index contributed by atoms with van der Waals surface area (Å²) in [6, 6.07) is 7.35. The van der Waals surface area contributed by atoms with E-state index < -0.39 is 29.0 Å². The number of aryl methyl sites for hydroxylation is 2. The number of aromatic nitrogens is 1. The van der Waals surface area contributed by atoms with E-state index in [0.29, 0.717) is 29.8 Å². The number of halogens is 3. The SMILES string of the molecule is CCCCc1nc(C(F)(F)F)ccc1C=CC(=O)NCc1ccc(N(C)S(=O)[O-])c(C)c1. The average molecular weight is 469 g/mol. The molecule has 0 fully saturated rings. The molecule has 32 heavy (non-hydrogen) atoms. The van der Waals surface area contributed by atoms with Crippen molar-refractivity contribution in [2.75, 3.05) is 11.4 Å². The third kappa shape index (κ3) is 7.16. The lowest BCUT2D eigenvalue weighted by molar-refractivity contribution is -0.141. The largest absolute Gasteiger partial charge is 0.755 e. The second-order valence-corrected chi connectivity index (χ2v) is 8.20. The molecule has 10 heteroatoms. The third-order valence-electron chi connectivity index (χ3n) is 4.77. The molecule has 0 radical (unpaired) electrons. The van der Waals surface area contributed by atoms with Gasteiger partial charge in [-0.05, 0) is 54.7 Å². The van der Waals surface area contributed by atoms with E-state index in [-0.39, 0.29) is 6.54 Å². The number of anilines is 1. The molecular weight excluding hydrogens is 443 g/mol. The summed E-state index contributed by atoms with van der Waals surface area (Å²) in [6.07, 6.45) is 0.0729. The summed E-state index contributed by atoms with van der Waals surface area (Å²) < 4.78 is 62.2. The van der Waals surface area contributed by atoms with Gasteiger partial charge in [0.2, 0.25) is 5.91 Å². The molecule has 0 spiro atoms. The predicted molar refractivity (Wildman–Crippen MR) is 117 cm³/mol. The molecule has 0 aliphatic heterocycles. The highest BCUT2D eigenvalue weighted by molar-refractivity contribution is 7.80. The molecule has 1 aromatic heterocycles. The van der Waals surface area contributed by atoms with Crippen LogP contribution in [0.1, 0.15) is 47.8 Å². The zero-order chi connectivity index (χ0) is 23.9. The van der Waals surface area contributed by atoms with Gasteiger partial charge >= 0.3 is 6.18 Å². The normalized spacial score (nSPS) is 12.7. The second kappa shape index (κ2) is 11.2. The van der Waals surface area contributed by atoms with Gasteiger partial charge in [-0.3, -0.25) is 9.00 Å². The zero-order valence-corrected chi connectivity index (χ0v) is 18.8. The first-order valence-corrected chi connectivity index (χ1v) is 11.0. The Morgan fingerprint density at radius 3 is 2.59 bits per heavy atom. The Hall–Kier alpha value is -2.72. The van der Waals surface area contributed by atoms with Crippen molar-refractivity contribution in [1.82, 2.24) is 10.3 Å². The highest BCUT2D eigenvalue weighted by Gasteiger charge is 2.32. The van der Waals surface area contributed by atoms with Gasteiger partial charge in [0.25, 0.3) is 0 Å². The van der Waals surface area contributed by atoms with Crippen molar-refractivity contribution in [3.05, 3.63) is 64.5 Å². The Bertz CT molecular complexity index is 1010. The Morgan fingerprint density at radius 2 is 2.00 bits per heavy atom. The van der Waals surface area contributed by atoms with Crippen LogP contribution in [0.3, 0.4) is 0 Å². The topological polar surface area (TPSA) is 85.4 Å². The zero-order valence-electron chi connectivity index (χ0n) is 18.0. The maximum Gasteiger partial charge on any atom is 0.433 e. The first kappa shape index (κ1) is 25.5. The minimum atomic E-state index is -4.52. The number of pyridine rings is 1. The number of unbranched alkanes of at least 4 members (excludes halogenated alkanes) is 1. The van der Waals surface area contributed by atoms with Crippen LogP contribution < -0.4 is 9.62 Å². The Morgan fingerprint density at radius 1 is 1.28 bits per heavy atom. The number of nitrogens with one attached hydrogen (secondary N) is 1. The van der Waals surface area contributed by atoms with Crippen LogP contribution in [0.4, 0.5) is 18.9 Å². The predicted octanol–water partition coefficient (Wildman–Crippen LogP) is 4.31. The lowest BCUT2D eigenvalue weighted by Gasteiger charge is -2.23. The van der Waals surface area contributed by atoms with E-state index in [0.717, 1.165) is 27.9 Å². The molecule has 6 nitrogen and oxygen atoms in total. The van der Waals surface area contributed by atoms with Crippen molar-refractivity contribution in [3.8, 4) is 0 Å². The van der Waals surface area contributed by atoms with Crippen LogP contribution in [0.25, 0.3) is 6.08 Å². The van der Waals surface area contributed by atoms with Crippen molar-refractivity contribution in [2.24, 2.45) is 0 Å². The molecule has 1 heterocycles. The number of alkyl halides is 3. The minimum absolute atomic E-state index is 0.211. The van der Waals surface area contributed by atoms with E-state index in [2.05, 4.69) is 10.3 Å². The summed E-state index contributed by atoms with van der Waals surface area (Å²) in [5.74, 6) is -0.411. The lowest BCUT2D eigenvalue weighted by Crippen LogP contribution is -2.22. The molecule has 1 aromatic carbocycles. The summed E-state index contributed by atoms with van der Waals surface area (Å²) in [5.41, 5.74) is 1.86. The monoisotopic (exact) mass is 468 g/mol. The van der Waals surface area contributed by atoms with Crippen molar-refractivity contribution >= 4 is 28.9 Å². The van der Waals surface area contributed by atoms with Crippen LogP contribution in [-0.4, -0.2) is 26.7 Å². The number of nitrogens with zero attached hydrogens (tertiary/aromatic N) is 2. The molecule has 0 aliphatic carbocycles. The fraction of sp³-hybridized carbons (Fsp3) is 0.364. The van der Waals surface area contributed by atoms with E-state index in [1.54, 1.807) is 25.1 Å². The first-order chi connectivity index (χ1) is 15.0. The molecule has 2 rings (SSSR count). The second-order valence-electron chi connectivity index (χ2n) is 7.22. The molecule has 174 valence electrons. The standard InChI is InChI=1S/C22H26F3N3O3S/c1-4-5-6-18-17(8-11-20(27-18)22(23,24)25)9-12-21(29)26-14-16-7-10-19(15(2)13-16)28(3)32(30)31/h7-13H,4-6,14H2,1-3H3,(H,26,29)(H,30,31)/p-1. The number of rotatable bonds is 9. The van der Waals surface area contributed by atoms with Crippen molar-refractivity contribution in [1.29, 1.82) is 0 Å². The van der Waals surface area contributed by atoms with Crippen LogP contribution >= 0.6 is 0 Å². The van der Waals surface area contributed by atoms with Crippen LogP contribution in [0, 0.1) is 6.92 Å². The summed E-state index contributed by atoms with van der Waals surface area (Å²) in [6.45, 7) is 3.91. The fourth-order valence-electron chi connectivity index (χ4n) is 3.04. The quantitative estimate of drug-likeness (QED) is 0.439. The maximum absolute atomic E-state index is 13.0. The van der Waals surface area contributed by atoms with E-state index in [4.69, 9.17) is 0 Å². The summed E-state index contributed by atoms with van der Waals surface area (Å²) in [4.78, 5) is 15.9. The summed E-state index contributed by atoms with van der Waals surface area (Å²) in [7, 11) is 1.43. The van der Waals surface area contributed by atoms with Crippen LogP contribution in [0.2, 0.25) is 0 Å². The number of benzene rings is 1. The molecule has 0 saturated carbocycles. The van der Waals surface area contributed by atoms with Crippen molar-refractivity contribution in [2.45, 2.75) is 45.8 Å². The molecule has 1 unspecified atom stereocenters. The number of hydrogen-bond acceptors (Lipinski definition) is 4. The van der Waals surface area contributed by atoms with Crippen LogP contribution in [-0.2, 0) is 35.2 Å². The molecule has 1 amide bonds. The number of amides is 1. The molecule has 2 aromatic rings. The van der Waals surface area contributed by atoms with Crippen molar-refractivity contribution in [3.63, 3.8) is 0 Å². The van der Waals surface area contributed by atoms with Crippen molar-refractivity contribution < 1.29 is 26.7 Å². The Kier molecular flexibility index (Phi) is 8.97. The number of carbonyl (C=O) groups is 1. The van der Waals surface area contributed by atoms with E-state index in [1.807, 2.05) is 6.92 Å². The molecule has 1 N–H and O–H groups in total. The molecule has 0 bridgehead atoms. The maximum atomic E-state index is 13.0. The van der Waals surface area contributed by atoms with E-state index in [1.165, 1.54) is 25.3 Å². The lowest BCUT2D eigenvalue weighted by atomic mass is 10.1. The average Bonchev–Trinajstić information content (AvgIpc) is 2.73. The van der Waals surface area contributed by atoms with Gasteiger partial charge < -0.3 is 14.2 Å². The van der Waals surface area contributed by atoms with Gasteiger partial charge in [0.1, 0.15) is 5.69 Å². The molecule has 0 saturated heterocycles. The number of hydrogen-bond donors (Lipinski definition) is 1. The third-order valence-corrected chi connectivity index (χ3v) is 5.42. The minimum Gasteiger partial charge on any atom is -0.755 e. The van der Waals surface area contributed by atoms with Gasteiger partial charge in [0.15, 0.2) is 0 Å². The molecule has 0 aliphatic rings. The Balaban J connectivity index is 2.07. The number of carbonyl (C=O) groups excluding carboxylic acids is 1. The van der Waals surface area contributed by atoms with Gasteiger partial charge in [-0.1, -0.05) is 31.5 Å². The van der Waals surface area contributed by atoms with Crippen LogP contribution in [0.5, 0.6) is 0 Å². The summed E-state index contributed by atoms with van der Waals surface area (Å²) >= 11 is -2.38. The van der Waals surface area contributed by atoms with Gasteiger partial charge in [-0.25, -0.2) is 4.98 Å². The smallest absolute Gasteiger partial charge is 0.433 e. The summed E-state index contributed by atoms with van der Waals surface area (Å²) in [5, 5.41) is 2.70. The van der Waals surface area contributed by atoms with E-state index >= 15 is 0 Å². The van der Waals surface area contributed by atoms with Gasteiger partial charge in [0.05, 0.1) is 5.69 Å². The van der Waals surface area contributed by atoms with Crippen LogP contribution in [0.15, 0.2) is 36.4 Å². The fourth-order valence-corrected chi connectivity index (χ4v) is 3.41. The highest BCUT2D eigenvalue weighted by Crippen LogP contribution is 2.29. The first-order valence-electron chi connectivity index (χ1n) is 9.98. The van der Waals surface area contributed by atoms with Gasteiger partial charge in [-0.15, -0.1) is 0 Å². The Labute approximate surface area is 188 Å². The van der Waals surface area contributed by atoms with E-state index in [9.17, 15) is 26.7 Å². The molecule has 1 atom stereocenters. The molecular formula is C22H25F3N3O3S-. The van der Waals surface area contributed by atoms with Gasteiger partial charge in [-0.2, -0.15) is 13.2 Å².